The zero-order valence-corrected chi connectivity index (χ0v) is 12.8. The van der Waals surface area contributed by atoms with Gasteiger partial charge in [-0.05, 0) is 36.8 Å². The van der Waals surface area contributed by atoms with Gasteiger partial charge in [0.05, 0.1) is 12.7 Å². The van der Waals surface area contributed by atoms with Crippen LogP contribution in [-0.4, -0.2) is 22.8 Å². The van der Waals surface area contributed by atoms with E-state index in [2.05, 4.69) is 5.32 Å². The van der Waals surface area contributed by atoms with Crippen LogP contribution in [0.4, 0.5) is 0 Å². The highest BCUT2D eigenvalue weighted by molar-refractivity contribution is 6.31. The number of phenols is 1. The Morgan fingerprint density at radius 3 is 2.77 bits per heavy atom. The molecule has 6 heteroatoms. The molecule has 1 atom stereocenters. The second-order valence-electron chi connectivity index (χ2n) is 5.03. The Labute approximate surface area is 132 Å². The van der Waals surface area contributed by atoms with Gasteiger partial charge in [-0.15, -0.1) is 0 Å². The number of furan rings is 1. The Bertz CT molecular complexity index is 667. The molecule has 0 saturated heterocycles. The largest absolute Gasteiger partial charge is 0.508 e. The van der Waals surface area contributed by atoms with Gasteiger partial charge in [0.15, 0.2) is 11.5 Å². The minimum Gasteiger partial charge on any atom is -0.508 e. The Kier molecular flexibility index (Phi) is 5.22. The average Bonchev–Trinajstić information content (AvgIpc) is 2.95. The van der Waals surface area contributed by atoms with Gasteiger partial charge in [-0.25, -0.2) is 0 Å². The van der Waals surface area contributed by atoms with Crippen LogP contribution in [0.15, 0.2) is 41.0 Å². The van der Waals surface area contributed by atoms with Gasteiger partial charge >= 0.3 is 0 Å². The molecule has 0 bridgehead atoms. The van der Waals surface area contributed by atoms with Crippen molar-refractivity contribution in [3.63, 3.8) is 0 Å². The Hall–Kier alpha value is -2.27. The van der Waals surface area contributed by atoms with Crippen molar-refractivity contribution in [3.8, 4) is 5.75 Å². The molecule has 0 fully saturated rings. The summed E-state index contributed by atoms with van der Waals surface area (Å²) in [7, 11) is 0. The Morgan fingerprint density at radius 1 is 1.36 bits per heavy atom. The molecule has 1 aromatic carbocycles. The predicted octanol–water partition coefficient (Wildman–Crippen LogP) is 2.96. The number of rotatable bonds is 6. The van der Waals surface area contributed by atoms with Crippen LogP contribution in [0.25, 0.3) is 0 Å². The number of halogens is 1. The molecule has 116 valence electrons. The van der Waals surface area contributed by atoms with Gasteiger partial charge in [-0.1, -0.05) is 17.7 Å². The predicted molar refractivity (Wildman–Crippen MR) is 82.1 cm³/mol. The van der Waals surface area contributed by atoms with Crippen LogP contribution in [0, 0.1) is 0 Å². The molecule has 0 saturated carbocycles. The maximum atomic E-state index is 12.0. The van der Waals surface area contributed by atoms with Crippen LogP contribution in [0.3, 0.4) is 0 Å². The standard InChI is InChI=1S/C16H16ClNO4/c1-10(7-14(20)15-3-2-6-22-15)18-16(21)8-11-4-5-12(19)9-13(11)17/h2-6,9-10,19H,7-8H2,1H3,(H,18,21)/t10-/m0/s1. The van der Waals surface area contributed by atoms with Gasteiger partial charge in [-0.3, -0.25) is 9.59 Å². The van der Waals surface area contributed by atoms with Gasteiger partial charge in [0.1, 0.15) is 5.75 Å². The number of Topliss-reactive ketones (excluding diaryl/α,β-unsaturated/α-hetero) is 1. The number of hydrogen-bond donors (Lipinski definition) is 2. The van der Waals surface area contributed by atoms with E-state index in [1.165, 1.54) is 18.4 Å². The number of amides is 1. The molecule has 1 amide bonds. The summed E-state index contributed by atoms with van der Waals surface area (Å²) in [5.74, 6) is -0.0814. The SMILES string of the molecule is C[C@@H](CC(=O)c1ccco1)NC(=O)Cc1ccc(O)cc1Cl. The summed E-state index contributed by atoms with van der Waals surface area (Å²) < 4.78 is 5.02. The number of ketones is 1. The third-order valence-corrected chi connectivity index (χ3v) is 3.43. The normalized spacial score (nSPS) is 11.9. The molecule has 0 aliphatic carbocycles. The molecule has 0 unspecified atom stereocenters. The second kappa shape index (κ2) is 7.13. The fourth-order valence-electron chi connectivity index (χ4n) is 2.05. The summed E-state index contributed by atoms with van der Waals surface area (Å²) in [5, 5.41) is 12.3. The van der Waals surface area contributed by atoms with Crippen molar-refractivity contribution in [2.24, 2.45) is 0 Å². The fraction of sp³-hybridized carbons (Fsp3) is 0.250. The van der Waals surface area contributed by atoms with Crippen molar-refractivity contribution in [2.75, 3.05) is 0 Å². The van der Waals surface area contributed by atoms with Crippen LogP contribution in [0.2, 0.25) is 5.02 Å². The monoisotopic (exact) mass is 321 g/mol. The van der Waals surface area contributed by atoms with Crippen molar-refractivity contribution in [1.29, 1.82) is 0 Å². The van der Waals surface area contributed by atoms with Gasteiger partial charge in [-0.2, -0.15) is 0 Å². The smallest absolute Gasteiger partial charge is 0.224 e. The maximum absolute atomic E-state index is 12.0. The van der Waals surface area contributed by atoms with Crippen molar-refractivity contribution in [1.82, 2.24) is 5.32 Å². The molecule has 22 heavy (non-hydrogen) atoms. The number of hydrogen-bond acceptors (Lipinski definition) is 4. The average molecular weight is 322 g/mol. The highest BCUT2D eigenvalue weighted by Gasteiger charge is 2.16. The molecular weight excluding hydrogens is 306 g/mol. The van der Waals surface area contributed by atoms with E-state index in [4.69, 9.17) is 16.0 Å². The van der Waals surface area contributed by atoms with Gasteiger partial charge < -0.3 is 14.8 Å². The van der Waals surface area contributed by atoms with Gasteiger partial charge in [0.25, 0.3) is 0 Å². The number of carbonyl (C=O) groups is 2. The third-order valence-electron chi connectivity index (χ3n) is 3.08. The molecule has 0 radical (unpaired) electrons. The van der Waals surface area contributed by atoms with Crippen molar-refractivity contribution >= 4 is 23.3 Å². The van der Waals surface area contributed by atoms with E-state index in [0.717, 1.165) is 0 Å². The number of phenolic OH excluding ortho intramolecular Hbond substituents is 1. The highest BCUT2D eigenvalue weighted by atomic mass is 35.5. The molecule has 1 aromatic heterocycles. The molecule has 0 aliphatic rings. The Balaban J connectivity index is 1.87. The summed E-state index contributed by atoms with van der Waals surface area (Å²) in [6, 6.07) is 7.36. The lowest BCUT2D eigenvalue weighted by Gasteiger charge is -2.13. The number of benzene rings is 1. The summed E-state index contributed by atoms with van der Waals surface area (Å²) in [6.07, 6.45) is 1.67. The number of nitrogens with one attached hydrogen (secondary N) is 1. The summed E-state index contributed by atoms with van der Waals surface area (Å²) in [5.41, 5.74) is 0.613. The van der Waals surface area contributed by atoms with E-state index in [9.17, 15) is 14.7 Å². The highest BCUT2D eigenvalue weighted by Crippen LogP contribution is 2.21. The van der Waals surface area contributed by atoms with Crippen LogP contribution in [-0.2, 0) is 11.2 Å². The zero-order chi connectivity index (χ0) is 16.1. The molecule has 2 aromatic rings. The minimum absolute atomic E-state index is 0.0478. The van der Waals surface area contributed by atoms with E-state index < -0.39 is 0 Å². The molecular formula is C16H16ClNO4. The first-order valence-electron chi connectivity index (χ1n) is 6.79. The Morgan fingerprint density at radius 2 is 2.14 bits per heavy atom. The van der Waals surface area contributed by atoms with Crippen LogP contribution in [0.1, 0.15) is 29.5 Å². The van der Waals surface area contributed by atoms with Crippen LogP contribution in [0.5, 0.6) is 5.75 Å². The van der Waals surface area contributed by atoms with Gasteiger partial charge in [0.2, 0.25) is 5.91 Å². The third kappa shape index (κ3) is 4.36. The van der Waals surface area contributed by atoms with Crippen molar-refractivity contribution in [3.05, 3.63) is 52.9 Å². The number of aromatic hydroxyl groups is 1. The first-order chi connectivity index (χ1) is 10.5. The molecule has 0 aliphatic heterocycles. The molecule has 2 N–H and O–H groups in total. The minimum atomic E-state index is -0.319. The zero-order valence-electron chi connectivity index (χ0n) is 12.0. The number of carbonyl (C=O) groups excluding carboxylic acids is 2. The van der Waals surface area contributed by atoms with Crippen LogP contribution >= 0.6 is 11.6 Å². The van der Waals surface area contributed by atoms with E-state index in [1.807, 2.05) is 0 Å². The quantitative estimate of drug-likeness (QED) is 0.802. The van der Waals surface area contributed by atoms with E-state index in [1.54, 1.807) is 25.1 Å². The summed E-state index contributed by atoms with van der Waals surface area (Å²) in [4.78, 5) is 23.8. The molecule has 5 nitrogen and oxygen atoms in total. The molecule has 2 rings (SSSR count). The molecule has 1 heterocycles. The molecule has 0 spiro atoms. The van der Waals surface area contributed by atoms with Gasteiger partial charge in [0, 0.05) is 17.5 Å². The van der Waals surface area contributed by atoms with Crippen molar-refractivity contribution in [2.45, 2.75) is 25.8 Å². The fourth-order valence-corrected chi connectivity index (χ4v) is 2.29. The topological polar surface area (TPSA) is 79.5 Å². The van der Waals surface area contributed by atoms with Crippen LogP contribution < -0.4 is 5.32 Å². The van der Waals surface area contributed by atoms with E-state index >= 15 is 0 Å². The first-order valence-corrected chi connectivity index (χ1v) is 7.17. The lowest BCUT2D eigenvalue weighted by molar-refractivity contribution is -0.121. The lowest BCUT2D eigenvalue weighted by Crippen LogP contribution is -2.35. The van der Waals surface area contributed by atoms with E-state index in [-0.39, 0.29) is 42.1 Å². The first kappa shape index (κ1) is 16.1. The lowest BCUT2D eigenvalue weighted by atomic mass is 10.1. The second-order valence-corrected chi connectivity index (χ2v) is 5.43. The summed E-state index contributed by atoms with van der Waals surface area (Å²) in [6.45, 7) is 1.75. The van der Waals surface area contributed by atoms with Crippen molar-refractivity contribution < 1.29 is 19.1 Å². The maximum Gasteiger partial charge on any atom is 0.224 e. The van der Waals surface area contributed by atoms with E-state index in [0.29, 0.717) is 10.6 Å². The summed E-state index contributed by atoms with van der Waals surface area (Å²) >= 11 is 5.96.